The summed E-state index contributed by atoms with van der Waals surface area (Å²) in [7, 11) is 5.84. The van der Waals surface area contributed by atoms with E-state index in [0.717, 1.165) is 12.7 Å². The molecule has 0 N–H and O–H groups in total. The first-order valence-corrected chi connectivity index (χ1v) is 9.34. The van der Waals surface area contributed by atoms with Crippen LogP contribution in [0.3, 0.4) is 0 Å². The lowest BCUT2D eigenvalue weighted by Gasteiger charge is -2.26. The van der Waals surface area contributed by atoms with Gasteiger partial charge >= 0.3 is 0 Å². The van der Waals surface area contributed by atoms with Crippen LogP contribution in [0, 0.1) is 5.41 Å². The second-order valence-electron chi connectivity index (χ2n) is 8.00. The van der Waals surface area contributed by atoms with Gasteiger partial charge in [-0.25, -0.2) is 0 Å². The van der Waals surface area contributed by atoms with E-state index in [4.69, 9.17) is 7.85 Å². The second-order valence-corrected chi connectivity index (χ2v) is 8.00. The molecule has 0 saturated heterocycles. The van der Waals surface area contributed by atoms with Crippen molar-refractivity contribution >= 4 is 7.85 Å². The standard InChI is InChI=1S/C21H39B/c1-8-10-12-17(3)19(13-11-9-2)20(16-21(5,6)7)18(4)14-15-22/h8-16H2,1-7H3/b19-17+,20-18+. The average molecular weight is 302 g/mol. The van der Waals surface area contributed by atoms with Gasteiger partial charge in [0, 0.05) is 0 Å². The van der Waals surface area contributed by atoms with Gasteiger partial charge in [-0.05, 0) is 68.9 Å². The van der Waals surface area contributed by atoms with E-state index in [0.29, 0.717) is 5.41 Å². The van der Waals surface area contributed by atoms with E-state index in [9.17, 15) is 0 Å². The minimum Gasteiger partial charge on any atom is -0.0850 e. The van der Waals surface area contributed by atoms with Gasteiger partial charge < -0.3 is 0 Å². The van der Waals surface area contributed by atoms with Crippen molar-refractivity contribution in [1.29, 1.82) is 0 Å². The lowest BCUT2D eigenvalue weighted by Crippen LogP contribution is -2.10. The Morgan fingerprint density at radius 1 is 0.773 bits per heavy atom. The van der Waals surface area contributed by atoms with Crippen molar-refractivity contribution in [2.75, 3.05) is 0 Å². The monoisotopic (exact) mass is 302 g/mol. The van der Waals surface area contributed by atoms with Gasteiger partial charge in [-0.2, -0.15) is 0 Å². The van der Waals surface area contributed by atoms with Crippen LogP contribution in [-0.2, 0) is 0 Å². The minimum absolute atomic E-state index is 0.327. The lowest BCUT2D eigenvalue weighted by atomic mass is 9.79. The fraction of sp³-hybridized carbons (Fsp3) is 0.810. The van der Waals surface area contributed by atoms with Crippen molar-refractivity contribution in [3.05, 3.63) is 22.3 Å². The van der Waals surface area contributed by atoms with Gasteiger partial charge in [0.25, 0.3) is 0 Å². The van der Waals surface area contributed by atoms with E-state index < -0.39 is 0 Å². The molecule has 0 aromatic carbocycles. The smallest absolute Gasteiger partial charge is 0.0657 e. The normalized spacial score (nSPS) is 14.7. The SMILES string of the molecule is [B]CC/C(C)=C(CC(C)(C)C)/C(CCCC)=C(\C)CCCC. The quantitative estimate of drug-likeness (QED) is 0.291. The molecular weight excluding hydrogens is 263 g/mol. The first kappa shape index (κ1) is 21.5. The molecule has 0 aliphatic heterocycles. The number of allylic oxidation sites excluding steroid dienone is 4. The molecule has 0 aromatic heterocycles. The van der Waals surface area contributed by atoms with Crippen LogP contribution in [0.25, 0.3) is 0 Å². The van der Waals surface area contributed by atoms with Gasteiger partial charge in [0.2, 0.25) is 0 Å². The van der Waals surface area contributed by atoms with Crippen LogP contribution < -0.4 is 0 Å². The Morgan fingerprint density at radius 3 is 1.73 bits per heavy atom. The molecule has 126 valence electrons. The van der Waals surface area contributed by atoms with Gasteiger partial charge in [0.1, 0.15) is 0 Å². The Bertz CT molecular complexity index is 366. The molecule has 0 atom stereocenters. The topological polar surface area (TPSA) is 0 Å². The van der Waals surface area contributed by atoms with Crippen LogP contribution in [-0.4, -0.2) is 7.85 Å². The highest BCUT2D eigenvalue weighted by atomic mass is 14.2. The fourth-order valence-corrected chi connectivity index (χ4v) is 2.98. The summed E-state index contributed by atoms with van der Waals surface area (Å²) in [6.45, 7) is 16.3. The molecule has 2 radical (unpaired) electrons. The van der Waals surface area contributed by atoms with Gasteiger partial charge in [0.05, 0.1) is 7.85 Å². The Kier molecular flexibility index (Phi) is 10.9. The third kappa shape index (κ3) is 8.86. The Hall–Kier alpha value is -0.455. The van der Waals surface area contributed by atoms with Crippen LogP contribution in [0.1, 0.15) is 99.8 Å². The predicted octanol–water partition coefficient (Wildman–Crippen LogP) is 7.41. The van der Waals surface area contributed by atoms with E-state index in [1.165, 1.54) is 50.5 Å². The first-order valence-electron chi connectivity index (χ1n) is 9.34. The molecule has 0 heterocycles. The third-order valence-corrected chi connectivity index (χ3v) is 4.31. The lowest BCUT2D eigenvalue weighted by molar-refractivity contribution is 0.408. The van der Waals surface area contributed by atoms with E-state index in [1.807, 2.05) is 0 Å². The molecule has 0 aromatic rings. The fourth-order valence-electron chi connectivity index (χ4n) is 2.98. The molecule has 0 nitrogen and oxygen atoms in total. The Labute approximate surface area is 142 Å². The maximum Gasteiger partial charge on any atom is 0.0657 e. The second kappa shape index (κ2) is 11.1. The molecule has 0 bridgehead atoms. The summed E-state index contributed by atoms with van der Waals surface area (Å²) < 4.78 is 0. The summed E-state index contributed by atoms with van der Waals surface area (Å²) in [4.78, 5) is 0. The van der Waals surface area contributed by atoms with E-state index >= 15 is 0 Å². The van der Waals surface area contributed by atoms with E-state index in [2.05, 4.69) is 48.5 Å². The molecule has 1 heteroatoms. The van der Waals surface area contributed by atoms with Gasteiger partial charge in [0.15, 0.2) is 0 Å². The van der Waals surface area contributed by atoms with Crippen molar-refractivity contribution in [3.8, 4) is 0 Å². The van der Waals surface area contributed by atoms with Crippen molar-refractivity contribution in [2.45, 2.75) is 106 Å². The number of hydrogen-bond acceptors (Lipinski definition) is 0. The molecule has 0 saturated carbocycles. The molecule has 0 amide bonds. The molecular formula is C21H39B. The van der Waals surface area contributed by atoms with Crippen LogP contribution >= 0.6 is 0 Å². The van der Waals surface area contributed by atoms with Crippen LogP contribution in [0.4, 0.5) is 0 Å². The average Bonchev–Trinajstić information content (AvgIpc) is 2.43. The zero-order valence-corrected chi connectivity index (χ0v) is 16.4. The highest BCUT2D eigenvalue weighted by Gasteiger charge is 2.19. The number of unbranched alkanes of at least 4 members (excludes halogenated alkanes) is 2. The summed E-state index contributed by atoms with van der Waals surface area (Å²) in [5.41, 5.74) is 6.72. The van der Waals surface area contributed by atoms with E-state index in [-0.39, 0.29) is 0 Å². The van der Waals surface area contributed by atoms with Crippen LogP contribution in [0.2, 0.25) is 6.32 Å². The largest absolute Gasteiger partial charge is 0.0850 e. The molecule has 0 aliphatic carbocycles. The molecule has 0 aliphatic rings. The van der Waals surface area contributed by atoms with Crippen molar-refractivity contribution in [1.82, 2.24) is 0 Å². The van der Waals surface area contributed by atoms with E-state index in [1.54, 1.807) is 16.7 Å². The molecule has 0 unspecified atom stereocenters. The summed E-state index contributed by atoms with van der Waals surface area (Å²) in [5.74, 6) is 0. The molecule has 0 spiro atoms. The zero-order valence-electron chi connectivity index (χ0n) is 16.4. The van der Waals surface area contributed by atoms with Crippen molar-refractivity contribution < 1.29 is 0 Å². The summed E-state index contributed by atoms with van der Waals surface area (Å²) in [5, 5.41) is 0. The highest BCUT2D eigenvalue weighted by Crippen LogP contribution is 2.36. The molecule has 22 heavy (non-hydrogen) atoms. The van der Waals surface area contributed by atoms with Crippen LogP contribution in [0.5, 0.6) is 0 Å². The van der Waals surface area contributed by atoms with Crippen LogP contribution in [0.15, 0.2) is 22.3 Å². The predicted molar refractivity (Wildman–Crippen MR) is 104 cm³/mol. The van der Waals surface area contributed by atoms with Gasteiger partial charge in [-0.3, -0.25) is 0 Å². The summed E-state index contributed by atoms with van der Waals surface area (Å²) in [6.07, 6.45) is 10.6. The number of rotatable bonds is 10. The maximum atomic E-state index is 5.84. The Morgan fingerprint density at radius 2 is 1.27 bits per heavy atom. The Balaban J connectivity index is 5.67. The number of hydrogen-bond donors (Lipinski definition) is 0. The maximum absolute atomic E-state index is 5.84. The van der Waals surface area contributed by atoms with Gasteiger partial charge in [-0.15, -0.1) is 0 Å². The first-order chi connectivity index (χ1) is 10.3. The third-order valence-electron chi connectivity index (χ3n) is 4.31. The van der Waals surface area contributed by atoms with Crippen molar-refractivity contribution in [2.24, 2.45) is 5.41 Å². The summed E-state index contributed by atoms with van der Waals surface area (Å²) in [6, 6.07) is 0. The van der Waals surface area contributed by atoms with Gasteiger partial charge in [-0.1, -0.05) is 64.9 Å². The molecule has 0 fully saturated rings. The highest BCUT2D eigenvalue weighted by molar-refractivity contribution is 6.08. The molecule has 0 rings (SSSR count). The van der Waals surface area contributed by atoms with Crippen molar-refractivity contribution in [3.63, 3.8) is 0 Å². The minimum atomic E-state index is 0.327. The summed E-state index contributed by atoms with van der Waals surface area (Å²) >= 11 is 0. The zero-order chi connectivity index (χ0) is 17.2.